The molecule has 1 aromatic rings. The number of ether oxygens (including phenoxy) is 1. The monoisotopic (exact) mass is 228 g/mol. The maximum atomic E-state index is 5.84. The second-order valence-corrected chi connectivity index (χ2v) is 4.04. The van der Waals surface area contributed by atoms with Crippen LogP contribution >= 0.6 is 11.6 Å². The van der Waals surface area contributed by atoms with Crippen LogP contribution in [0.4, 0.5) is 5.82 Å². The molecule has 0 aliphatic heterocycles. The van der Waals surface area contributed by atoms with E-state index in [1.165, 1.54) is 0 Å². The molecule has 1 unspecified atom stereocenters. The minimum atomic E-state index is 0.188. The van der Waals surface area contributed by atoms with Crippen molar-refractivity contribution in [2.45, 2.75) is 25.6 Å². The van der Waals surface area contributed by atoms with Crippen molar-refractivity contribution in [2.24, 2.45) is 0 Å². The average molecular weight is 229 g/mol. The van der Waals surface area contributed by atoms with Gasteiger partial charge in [-0.05, 0) is 26.3 Å². The Morgan fingerprint density at radius 2 is 2.33 bits per heavy atom. The summed E-state index contributed by atoms with van der Waals surface area (Å²) in [4.78, 5) is 4.28. The molecule has 1 rings (SSSR count). The summed E-state index contributed by atoms with van der Waals surface area (Å²) >= 11 is 5.84. The molecule has 1 atom stereocenters. The molecule has 0 spiro atoms. The molecule has 0 fully saturated rings. The van der Waals surface area contributed by atoms with Gasteiger partial charge in [0.1, 0.15) is 5.82 Å². The zero-order valence-corrected chi connectivity index (χ0v) is 9.92. The standard InChI is InChI=1S/C11H17ClN2O/c1-3-15-11-6-4-5-10(14-11)13-8-7-9(2)12/h4-6,9H,3,7-8H2,1-2H3,(H,13,14). The van der Waals surface area contributed by atoms with Crippen LogP contribution in [0.25, 0.3) is 0 Å². The molecule has 1 N–H and O–H groups in total. The van der Waals surface area contributed by atoms with Crippen molar-refractivity contribution in [3.8, 4) is 5.88 Å². The first-order valence-corrected chi connectivity index (χ1v) is 5.63. The highest BCUT2D eigenvalue weighted by atomic mass is 35.5. The van der Waals surface area contributed by atoms with E-state index in [0.29, 0.717) is 12.5 Å². The van der Waals surface area contributed by atoms with E-state index < -0.39 is 0 Å². The molecule has 1 heterocycles. The normalized spacial score (nSPS) is 12.2. The van der Waals surface area contributed by atoms with Gasteiger partial charge in [-0.15, -0.1) is 11.6 Å². The number of anilines is 1. The molecule has 0 saturated carbocycles. The van der Waals surface area contributed by atoms with Gasteiger partial charge in [-0.3, -0.25) is 0 Å². The third kappa shape index (κ3) is 4.88. The number of hydrogen-bond donors (Lipinski definition) is 1. The lowest BCUT2D eigenvalue weighted by molar-refractivity contribution is 0.327. The van der Waals surface area contributed by atoms with Crippen molar-refractivity contribution >= 4 is 17.4 Å². The smallest absolute Gasteiger partial charge is 0.215 e. The summed E-state index contributed by atoms with van der Waals surface area (Å²) in [7, 11) is 0. The molecule has 15 heavy (non-hydrogen) atoms. The first-order chi connectivity index (χ1) is 7.22. The van der Waals surface area contributed by atoms with Gasteiger partial charge in [-0.2, -0.15) is 4.98 Å². The zero-order valence-electron chi connectivity index (χ0n) is 9.16. The lowest BCUT2D eigenvalue weighted by atomic mass is 10.3. The summed E-state index contributed by atoms with van der Waals surface area (Å²) < 4.78 is 5.30. The summed E-state index contributed by atoms with van der Waals surface area (Å²) in [5, 5.41) is 3.39. The molecule has 1 aromatic heterocycles. The first kappa shape index (κ1) is 12.1. The number of alkyl halides is 1. The number of pyridine rings is 1. The summed E-state index contributed by atoms with van der Waals surface area (Å²) in [5.74, 6) is 1.49. The van der Waals surface area contributed by atoms with Gasteiger partial charge in [0.2, 0.25) is 5.88 Å². The Kier molecular flexibility index (Phi) is 5.26. The van der Waals surface area contributed by atoms with E-state index >= 15 is 0 Å². The zero-order chi connectivity index (χ0) is 11.1. The molecule has 0 aliphatic rings. The van der Waals surface area contributed by atoms with Crippen molar-refractivity contribution in [3.05, 3.63) is 18.2 Å². The second-order valence-electron chi connectivity index (χ2n) is 3.29. The largest absolute Gasteiger partial charge is 0.478 e. The van der Waals surface area contributed by atoms with Crippen LogP contribution < -0.4 is 10.1 Å². The van der Waals surface area contributed by atoms with Crippen LogP contribution in [0, 0.1) is 0 Å². The summed E-state index contributed by atoms with van der Waals surface area (Å²) in [5.41, 5.74) is 0. The molecule has 0 radical (unpaired) electrons. The van der Waals surface area contributed by atoms with E-state index in [0.717, 1.165) is 18.8 Å². The SMILES string of the molecule is CCOc1cccc(NCCC(C)Cl)n1. The van der Waals surface area contributed by atoms with Crippen molar-refractivity contribution in [2.75, 3.05) is 18.5 Å². The van der Waals surface area contributed by atoms with Gasteiger partial charge in [0, 0.05) is 18.0 Å². The van der Waals surface area contributed by atoms with Crippen LogP contribution in [-0.2, 0) is 0 Å². The van der Waals surface area contributed by atoms with E-state index in [4.69, 9.17) is 16.3 Å². The van der Waals surface area contributed by atoms with Crippen molar-refractivity contribution in [1.29, 1.82) is 0 Å². The number of aromatic nitrogens is 1. The predicted octanol–water partition coefficient (Wildman–Crippen LogP) is 2.91. The highest BCUT2D eigenvalue weighted by Crippen LogP contribution is 2.11. The fourth-order valence-electron chi connectivity index (χ4n) is 1.14. The van der Waals surface area contributed by atoms with Crippen molar-refractivity contribution in [3.63, 3.8) is 0 Å². The maximum Gasteiger partial charge on any atom is 0.215 e. The minimum absolute atomic E-state index is 0.188. The molecule has 4 heteroatoms. The number of hydrogen-bond acceptors (Lipinski definition) is 3. The third-order valence-electron chi connectivity index (χ3n) is 1.86. The summed E-state index contributed by atoms with van der Waals surface area (Å²) in [6.07, 6.45) is 0.919. The Morgan fingerprint density at radius 1 is 1.53 bits per heavy atom. The summed E-state index contributed by atoms with van der Waals surface area (Å²) in [6, 6.07) is 5.69. The molecule has 0 bridgehead atoms. The van der Waals surface area contributed by atoms with Gasteiger partial charge in [0.15, 0.2) is 0 Å². The topological polar surface area (TPSA) is 34.1 Å². The molecule has 0 aliphatic carbocycles. The molecule has 0 saturated heterocycles. The Bertz CT molecular complexity index is 292. The number of nitrogens with zero attached hydrogens (tertiary/aromatic N) is 1. The first-order valence-electron chi connectivity index (χ1n) is 5.20. The Hall–Kier alpha value is -0.960. The van der Waals surface area contributed by atoms with Crippen LogP contribution in [-0.4, -0.2) is 23.5 Å². The fraction of sp³-hybridized carbons (Fsp3) is 0.545. The lowest BCUT2D eigenvalue weighted by Gasteiger charge is -2.08. The number of rotatable bonds is 6. The van der Waals surface area contributed by atoms with Gasteiger partial charge in [-0.1, -0.05) is 6.07 Å². The van der Waals surface area contributed by atoms with E-state index in [-0.39, 0.29) is 5.38 Å². The van der Waals surface area contributed by atoms with Crippen LogP contribution in [0.3, 0.4) is 0 Å². The minimum Gasteiger partial charge on any atom is -0.478 e. The second kappa shape index (κ2) is 6.51. The van der Waals surface area contributed by atoms with E-state index in [9.17, 15) is 0 Å². The van der Waals surface area contributed by atoms with Gasteiger partial charge in [-0.25, -0.2) is 0 Å². The molecular weight excluding hydrogens is 212 g/mol. The lowest BCUT2D eigenvalue weighted by Crippen LogP contribution is -2.07. The Morgan fingerprint density at radius 3 is 3.00 bits per heavy atom. The highest BCUT2D eigenvalue weighted by molar-refractivity contribution is 6.20. The van der Waals surface area contributed by atoms with Crippen LogP contribution in [0.2, 0.25) is 0 Å². The van der Waals surface area contributed by atoms with Crippen molar-refractivity contribution < 1.29 is 4.74 Å². The predicted molar refractivity (Wildman–Crippen MR) is 63.8 cm³/mol. The van der Waals surface area contributed by atoms with Gasteiger partial charge >= 0.3 is 0 Å². The molecule has 0 amide bonds. The number of halogens is 1. The molecule has 3 nitrogen and oxygen atoms in total. The van der Waals surface area contributed by atoms with E-state index in [1.54, 1.807) is 0 Å². The average Bonchev–Trinajstić information content (AvgIpc) is 2.18. The Labute approximate surface area is 95.8 Å². The Balaban J connectivity index is 2.43. The molecule has 0 aromatic carbocycles. The summed E-state index contributed by atoms with van der Waals surface area (Å²) in [6.45, 7) is 5.38. The van der Waals surface area contributed by atoms with Crippen molar-refractivity contribution in [1.82, 2.24) is 4.98 Å². The van der Waals surface area contributed by atoms with Crippen LogP contribution in [0.15, 0.2) is 18.2 Å². The van der Waals surface area contributed by atoms with E-state index in [1.807, 2.05) is 32.0 Å². The molecular formula is C11H17ClN2O. The van der Waals surface area contributed by atoms with Crippen LogP contribution in [0.5, 0.6) is 5.88 Å². The number of nitrogens with one attached hydrogen (secondary N) is 1. The fourth-order valence-corrected chi connectivity index (χ4v) is 1.25. The van der Waals surface area contributed by atoms with Gasteiger partial charge in [0.25, 0.3) is 0 Å². The molecule has 84 valence electrons. The maximum absolute atomic E-state index is 5.84. The quantitative estimate of drug-likeness (QED) is 0.761. The third-order valence-corrected chi connectivity index (χ3v) is 2.08. The van der Waals surface area contributed by atoms with Crippen LogP contribution in [0.1, 0.15) is 20.3 Å². The van der Waals surface area contributed by atoms with Gasteiger partial charge in [0.05, 0.1) is 6.61 Å². The van der Waals surface area contributed by atoms with Gasteiger partial charge < -0.3 is 10.1 Å². The van der Waals surface area contributed by atoms with E-state index in [2.05, 4.69) is 10.3 Å². The highest BCUT2D eigenvalue weighted by Gasteiger charge is 1.99.